The van der Waals surface area contributed by atoms with Gasteiger partial charge in [-0.3, -0.25) is 0 Å². The second kappa shape index (κ2) is 2.98. The van der Waals surface area contributed by atoms with Gasteiger partial charge in [0.25, 0.3) is 0 Å². The topological polar surface area (TPSA) is 0 Å². The van der Waals surface area contributed by atoms with Gasteiger partial charge in [0.15, 0.2) is 0 Å². The van der Waals surface area contributed by atoms with Gasteiger partial charge in [-0.1, -0.05) is 0 Å². The molecule has 0 radical (unpaired) electrons. The van der Waals surface area contributed by atoms with Crippen LogP contribution in [0.2, 0.25) is 4.51 Å². The van der Waals surface area contributed by atoms with Crippen molar-refractivity contribution in [3.8, 4) is 0 Å². The predicted molar refractivity (Wildman–Crippen MR) is 28.4 cm³/mol. The monoisotopic (exact) mass is 222 g/mol. The van der Waals surface area contributed by atoms with Crippen LogP contribution in [-0.2, 0) is 16.1 Å². The first-order valence-corrected chi connectivity index (χ1v) is 8.78. The summed E-state index contributed by atoms with van der Waals surface area (Å²) < 4.78 is 35.7. The van der Waals surface area contributed by atoms with Gasteiger partial charge in [-0.2, -0.15) is 0 Å². The molecule has 0 aromatic rings. The molecule has 0 aromatic heterocycles. The summed E-state index contributed by atoms with van der Waals surface area (Å²) in [5, 5.41) is 0. The summed E-state index contributed by atoms with van der Waals surface area (Å²) in [6.45, 7) is 0. The Kier molecular flexibility index (Phi) is 2.62. The van der Waals surface area contributed by atoms with Crippen molar-refractivity contribution in [2.24, 2.45) is 5.92 Å². The van der Waals surface area contributed by atoms with Crippen molar-refractivity contribution in [2.75, 3.05) is 0 Å². The quantitative estimate of drug-likeness (QED) is 0.600. The average Bonchev–Trinajstić information content (AvgIpc) is 1.57. The predicted octanol–water partition coefficient (Wildman–Crippen LogP) is 2.98. The first-order chi connectivity index (χ1) is 4.54. The van der Waals surface area contributed by atoms with Gasteiger partial charge in [0, 0.05) is 0 Å². The molecule has 1 fully saturated rings. The van der Waals surface area contributed by atoms with Gasteiger partial charge >= 0.3 is 68.4 Å². The minimum absolute atomic E-state index is 0.292. The van der Waals surface area contributed by atoms with Crippen LogP contribution >= 0.6 is 9.69 Å². The van der Waals surface area contributed by atoms with Crippen molar-refractivity contribution in [1.82, 2.24) is 0 Å². The molecule has 5 heteroatoms. The van der Waals surface area contributed by atoms with E-state index in [0.29, 0.717) is 17.4 Å². The number of rotatable bonds is 1. The first kappa shape index (κ1) is 8.80. The summed E-state index contributed by atoms with van der Waals surface area (Å²) in [4.78, 5) is 0. The van der Waals surface area contributed by atoms with Crippen LogP contribution in [0.25, 0.3) is 0 Å². The van der Waals surface area contributed by atoms with E-state index in [1.165, 1.54) is 0 Å². The number of hydrogen-bond donors (Lipinski definition) is 0. The molecule has 0 N–H and O–H groups in total. The van der Waals surface area contributed by atoms with E-state index in [1.54, 1.807) is 0 Å². The molecular weight excluding hydrogens is 218 g/mol. The van der Waals surface area contributed by atoms with Crippen molar-refractivity contribution in [3.05, 3.63) is 0 Å². The third-order valence-corrected chi connectivity index (χ3v) is 6.50. The van der Waals surface area contributed by atoms with Gasteiger partial charge in [0.2, 0.25) is 0 Å². The van der Waals surface area contributed by atoms with Crippen molar-refractivity contribution >= 4 is 9.69 Å². The molecule has 0 spiro atoms. The Labute approximate surface area is 68.8 Å². The molecule has 1 rings (SSSR count). The Hall–Kier alpha value is 0.703. The molecule has 0 nitrogen and oxygen atoms in total. The maximum atomic E-state index is 11.8. The standard InChI is InChI=1S/C5H6F3.ClH.Zn/c6-5(7,8)4-2-1-3-4;;/h1,4H,2-3H2;1H;/q;;+1/p-1. The van der Waals surface area contributed by atoms with E-state index in [4.69, 9.17) is 9.69 Å². The van der Waals surface area contributed by atoms with Gasteiger partial charge in [-0.05, 0) is 0 Å². The van der Waals surface area contributed by atoms with E-state index >= 15 is 0 Å². The fourth-order valence-corrected chi connectivity index (χ4v) is 4.66. The zero-order valence-corrected chi connectivity index (χ0v) is 9.01. The van der Waals surface area contributed by atoms with Crippen molar-refractivity contribution in [1.29, 1.82) is 0 Å². The summed E-state index contributed by atoms with van der Waals surface area (Å²) in [5.41, 5.74) is 0. The van der Waals surface area contributed by atoms with E-state index in [-0.39, 0.29) is 0 Å². The summed E-state index contributed by atoms with van der Waals surface area (Å²) in [6, 6.07) is 0. The van der Waals surface area contributed by atoms with Crippen LogP contribution in [0.1, 0.15) is 12.8 Å². The Morgan fingerprint density at radius 3 is 2.10 bits per heavy atom. The summed E-state index contributed by atoms with van der Waals surface area (Å²) >= 11 is -1.06. The van der Waals surface area contributed by atoms with E-state index in [2.05, 4.69) is 0 Å². The van der Waals surface area contributed by atoms with Gasteiger partial charge in [-0.15, -0.1) is 0 Å². The van der Waals surface area contributed by atoms with Crippen LogP contribution in [-0.4, -0.2) is 6.18 Å². The summed E-state index contributed by atoms with van der Waals surface area (Å²) in [5.74, 6) is -1.03. The van der Waals surface area contributed by atoms with Gasteiger partial charge in [-0.25, -0.2) is 0 Å². The van der Waals surface area contributed by atoms with Crippen molar-refractivity contribution in [2.45, 2.75) is 23.5 Å². The second-order valence-electron chi connectivity index (χ2n) is 2.73. The number of halogens is 4. The van der Waals surface area contributed by atoms with Gasteiger partial charge < -0.3 is 0 Å². The van der Waals surface area contributed by atoms with Crippen LogP contribution in [0.4, 0.5) is 13.2 Å². The molecule has 0 bridgehead atoms. The van der Waals surface area contributed by atoms with Crippen LogP contribution in [0, 0.1) is 5.92 Å². The SMILES string of the molecule is FC(F)(F)C1C[CH]([Zn][Cl])C1. The summed E-state index contributed by atoms with van der Waals surface area (Å²) in [7, 11) is 5.54. The molecule has 0 saturated heterocycles. The van der Waals surface area contributed by atoms with Crippen molar-refractivity contribution in [3.63, 3.8) is 0 Å². The van der Waals surface area contributed by atoms with Crippen LogP contribution in [0.3, 0.4) is 0 Å². The molecule has 1 aliphatic carbocycles. The first-order valence-electron chi connectivity index (χ1n) is 3.16. The third kappa shape index (κ3) is 1.85. The van der Waals surface area contributed by atoms with Crippen LogP contribution in [0.15, 0.2) is 0 Å². The molecule has 0 aromatic carbocycles. The molecule has 1 aliphatic rings. The number of hydrogen-bond acceptors (Lipinski definition) is 0. The molecule has 10 heavy (non-hydrogen) atoms. The normalized spacial score (nSPS) is 32.8. The number of alkyl halides is 3. The van der Waals surface area contributed by atoms with E-state index in [9.17, 15) is 13.2 Å². The molecular formula is C5H6ClF3Zn. The molecule has 1 saturated carbocycles. The van der Waals surface area contributed by atoms with Gasteiger partial charge in [0.05, 0.1) is 0 Å². The average molecular weight is 224 g/mol. The van der Waals surface area contributed by atoms with Crippen LogP contribution < -0.4 is 0 Å². The Bertz CT molecular complexity index is 119. The molecule has 0 atom stereocenters. The fourth-order valence-electron chi connectivity index (χ4n) is 1.13. The molecule has 0 aliphatic heterocycles. The Morgan fingerprint density at radius 1 is 1.30 bits per heavy atom. The van der Waals surface area contributed by atoms with E-state index in [1.807, 2.05) is 0 Å². The Morgan fingerprint density at radius 2 is 1.80 bits per heavy atom. The fraction of sp³-hybridized carbons (Fsp3) is 1.00. The molecule has 56 valence electrons. The molecule has 0 amide bonds. The zero-order valence-electron chi connectivity index (χ0n) is 5.29. The van der Waals surface area contributed by atoms with Crippen LogP contribution in [0.5, 0.6) is 0 Å². The molecule has 0 unspecified atom stereocenters. The minimum atomic E-state index is -3.95. The third-order valence-electron chi connectivity index (χ3n) is 1.92. The van der Waals surface area contributed by atoms with E-state index in [0.717, 1.165) is 0 Å². The Balaban J connectivity index is 2.26. The maximum absolute atomic E-state index is 11.8. The zero-order chi connectivity index (χ0) is 7.78. The van der Waals surface area contributed by atoms with Gasteiger partial charge in [0.1, 0.15) is 0 Å². The summed E-state index contributed by atoms with van der Waals surface area (Å²) in [6.07, 6.45) is -3.33. The van der Waals surface area contributed by atoms with Crippen molar-refractivity contribution < 1.29 is 29.3 Å². The second-order valence-corrected chi connectivity index (χ2v) is 7.40. The van der Waals surface area contributed by atoms with E-state index < -0.39 is 28.2 Å². The molecule has 0 heterocycles.